The maximum Gasteiger partial charge on any atom is 0.253 e. The van der Waals surface area contributed by atoms with Crippen LogP contribution in [0.1, 0.15) is 16.8 Å². The number of rotatable bonds is 7. The average Bonchev–Trinajstić information content (AvgIpc) is 2.82. The highest BCUT2D eigenvalue weighted by Crippen LogP contribution is 2.28. The molecule has 0 unspecified atom stereocenters. The molecule has 1 aliphatic heterocycles. The van der Waals surface area contributed by atoms with E-state index in [1.807, 2.05) is 48.7 Å². The fraction of sp³-hybridized carbons (Fsp3) is 0.348. The molecular weight excluding hydrogens is 378 g/mol. The number of piperazine rings is 1. The predicted octanol–water partition coefficient (Wildman–Crippen LogP) is 2.72. The fourth-order valence-electron chi connectivity index (χ4n) is 3.81. The fourth-order valence-corrected chi connectivity index (χ4v) is 3.81. The smallest absolute Gasteiger partial charge is 0.253 e. The van der Waals surface area contributed by atoms with E-state index in [0.29, 0.717) is 18.7 Å². The number of amides is 1. The van der Waals surface area contributed by atoms with Gasteiger partial charge in [0.15, 0.2) is 0 Å². The number of carbonyl (C=O) groups excluding carboxylic acids is 1. The Morgan fingerprint density at radius 3 is 2.47 bits per heavy atom. The first kappa shape index (κ1) is 20.1. The molecule has 156 valence electrons. The summed E-state index contributed by atoms with van der Waals surface area (Å²) >= 11 is 0. The summed E-state index contributed by atoms with van der Waals surface area (Å²) in [5.41, 5.74) is 0.610. The molecule has 1 aromatic carbocycles. The van der Waals surface area contributed by atoms with Gasteiger partial charge >= 0.3 is 0 Å². The van der Waals surface area contributed by atoms with Crippen molar-refractivity contribution in [2.24, 2.45) is 0 Å². The molecular formula is C23H27N5O2. The summed E-state index contributed by atoms with van der Waals surface area (Å²) in [5, 5.41) is 4.90. The molecule has 0 atom stereocenters. The Morgan fingerprint density at radius 1 is 1.00 bits per heavy atom. The Kier molecular flexibility index (Phi) is 6.39. The van der Waals surface area contributed by atoms with Gasteiger partial charge in [-0.1, -0.05) is 30.3 Å². The molecule has 3 heterocycles. The lowest BCUT2D eigenvalue weighted by molar-refractivity contribution is 0.0950. The highest BCUT2D eigenvalue weighted by molar-refractivity contribution is 6.09. The lowest BCUT2D eigenvalue weighted by Crippen LogP contribution is -2.47. The zero-order valence-corrected chi connectivity index (χ0v) is 17.3. The van der Waals surface area contributed by atoms with Gasteiger partial charge in [-0.15, -0.1) is 0 Å². The number of nitrogens with one attached hydrogen (secondary N) is 1. The molecule has 30 heavy (non-hydrogen) atoms. The number of nitrogens with zero attached hydrogens (tertiary/aromatic N) is 4. The second-order valence-corrected chi connectivity index (χ2v) is 7.31. The quantitative estimate of drug-likeness (QED) is 0.610. The first-order valence-electron chi connectivity index (χ1n) is 10.3. The molecule has 0 bridgehead atoms. The summed E-state index contributed by atoms with van der Waals surface area (Å²) in [6.07, 6.45) is 4.32. The zero-order chi connectivity index (χ0) is 20.8. The molecule has 3 aromatic rings. The van der Waals surface area contributed by atoms with Crippen molar-refractivity contribution in [3.05, 3.63) is 60.4 Å². The Balaban J connectivity index is 1.51. The van der Waals surface area contributed by atoms with Crippen LogP contribution in [-0.4, -0.2) is 62.3 Å². The normalized spacial score (nSPS) is 14.2. The van der Waals surface area contributed by atoms with Gasteiger partial charge in [0.1, 0.15) is 11.6 Å². The van der Waals surface area contributed by atoms with E-state index in [-0.39, 0.29) is 5.91 Å². The summed E-state index contributed by atoms with van der Waals surface area (Å²) < 4.78 is 5.04. The molecule has 0 aliphatic carbocycles. The van der Waals surface area contributed by atoms with Crippen LogP contribution in [0.15, 0.2) is 54.9 Å². The maximum absolute atomic E-state index is 12.7. The Morgan fingerprint density at radius 2 is 1.73 bits per heavy atom. The van der Waals surface area contributed by atoms with Crippen LogP contribution < -0.4 is 15.1 Å². The van der Waals surface area contributed by atoms with Crippen LogP contribution in [0.5, 0.6) is 0 Å². The number of fused-ring (bicyclic) bond motifs is 1. The summed E-state index contributed by atoms with van der Waals surface area (Å²) in [5.74, 6) is 1.85. The van der Waals surface area contributed by atoms with Crippen LogP contribution in [0.25, 0.3) is 10.8 Å². The van der Waals surface area contributed by atoms with Crippen LogP contribution in [0, 0.1) is 0 Å². The van der Waals surface area contributed by atoms with Gasteiger partial charge in [0.2, 0.25) is 0 Å². The molecule has 1 fully saturated rings. The van der Waals surface area contributed by atoms with E-state index in [2.05, 4.69) is 20.1 Å². The Hall–Kier alpha value is -3.19. The van der Waals surface area contributed by atoms with Crippen molar-refractivity contribution in [3.8, 4) is 0 Å². The molecule has 1 amide bonds. The molecule has 4 rings (SSSR count). The monoisotopic (exact) mass is 405 g/mol. The van der Waals surface area contributed by atoms with E-state index < -0.39 is 0 Å². The molecule has 2 aromatic heterocycles. The van der Waals surface area contributed by atoms with Crippen LogP contribution in [0.2, 0.25) is 0 Å². The Labute approximate surface area is 176 Å². The summed E-state index contributed by atoms with van der Waals surface area (Å²) in [6, 6.07) is 14.0. The van der Waals surface area contributed by atoms with E-state index in [9.17, 15) is 4.79 Å². The third-order valence-corrected chi connectivity index (χ3v) is 5.38. The van der Waals surface area contributed by atoms with Crippen molar-refractivity contribution < 1.29 is 9.53 Å². The van der Waals surface area contributed by atoms with Gasteiger partial charge in [0, 0.05) is 64.2 Å². The average molecular weight is 406 g/mol. The number of carbonyl (C=O) groups is 1. The van der Waals surface area contributed by atoms with E-state index in [1.165, 1.54) is 0 Å². The number of pyridine rings is 2. The van der Waals surface area contributed by atoms with Gasteiger partial charge in [-0.3, -0.25) is 4.79 Å². The van der Waals surface area contributed by atoms with Crippen molar-refractivity contribution in [2.75, 3.05) is 56.2 Å². The second kappa shape index (κ2) is 9.54. The van der Waals surface area contributed by atoms with E-state index in [4.69, 9.17) is 9.72 Å². The molecule has 1 N–H and O–H groups in total. The van der Waals surface area contributed by atoms with Crippen LogP contribution in [-0.2, 0) is 4.74 Å². The highest BCUT2D eigenvalue weighted by Gasteiger charge is 2.22. The number of aromatic nitrogens is 2. The summed E-state index contributed by atoms with van der Waals surface area (Å²) in [6.45, 7) is 4.69. The lowest BCUT2D eigenvalue weighted by Gasteiger charge is -2.36. The second-order valence-electron chi connectivity index (χ2n) is 7.31. The summed E-state index contributed by atoms with van der Waals surface area (Å²) in [7, 11) is 1.66. The van der Waals surface area contributed by atoms with Gasteiger partial charge in [0.05, 0.1) is 5.56 Å². The number of anilines is 2. The van der Waals surface area contributed by atoms with Gasteiger partial charge in [-0.2, -0.15) is 0 Å². The zero-order valence-electron chi connectivity index (χ0n) is 17.3. The van der Waals surface area contributed by atoms with Gasteiger partial charge in [-0.25, -0.2) is 9.97 Å². The van der Waals surface area contributed by atoms with Crippen molar-refractivity contribution in [2.45, 2.75) is 6.42 Å². The molecule has 0 saturated carbocycles. The number of methoxy groups -OCH3 is 1. The maximum atomic E-state index is 12.7. The topological polar surface area (TPSA) is 70.6 Å². The lowest BCUT2D eigenvalue weighted by atomic mass is 10.1. The van der Waals surface area contributed by atoms with Gasteiger partial charge in [-0.05, 0) is 23.9 Å². The number of hydrogen-bond acceptors (Lipinski definition) is 6. The minimum atomic E-state index is -0.0960. The third-order valence-electron chi connectivity index (χ3n) is 5.38. The number of benzene rings is 1. The standard InChI is InChI=1S/C23H27N5O2/c1-30-16-6-11-25-23(29)20-17-26-22(19-8-3-2-7-18(19)20)28-14-12-27(13-15-28)21-9-4-5-10-24-21/h2-5,7-10,17H,6,11-16H2,1H3,(H,25,29). The minimum Gasteiger partial charge on any atom is -0.385 e. The van der Waals surface area contributed by atoms with Crippen molar-refractivity contribution in [1.82, 2.24) is 15.3 Å². The molecule has 0 radical (unpaired) electrons. The van der Waals surface area contributed by atoms with Gasteiger partial charge in [0.25, 0.3) is 5.91 Å². The van der Waals surface area contributed by atoms with Crippen LogP contribution in [0.3, 0.4) is 0 Å². The SMILES string of the molecule is COCCCNC(=O)c1cnc(N2CCN(c3ccccn3)CC2)c2ccccc12. The van der Waals surface area contributed by atoms with Crippen molar-refractivity contribution in [1.29, 1.82) is 0 Å². The number of hydrogen-bond donors (Lipinski definition) is 1. The van der Waals surface area contributed by atoms with Crippen LogP contribution in [0.4, 0.5) is 11.6 Å². The molecule has 7 nitrogen and oxygen atoms in total. The first-order valence-corrected chi connectivity index (χ1v) is 10.3. The Bertz CT molecular complexity index is 987. The predicted molar refractivity (Wildman–Crippen MR) is 119 cm³/mol. The largest absolute Gasteiger partial charge is 0.385 e. The van der Waals surface area contributed by atoms with E-state index in [0.717, 1.165) is 55.0 Å². The number of ether oxygens (including phenoxy) is 1. The third kappa shape index (κ3) is 4.36. The minimum absolute atomic E-state index is 0.0960. The van der Waals surface area contributed by atoms with Crippen molar-refractivity contribution >= 4 is 28.3 Å². The first-order chi connectivity index (χ1) is 14.8. The molecule has 1 aliphatic rings. The van der Waals surface area contributed by atoms with Gasteiger partial charge < -0.3 is 19.9 Å². The molecule has 0 spiro atoms. The van der Waals surface area contributed by atoms with Crippen LogP contribution >= 0.6 is 0 Å². The highest BCUT2D eigenvalue weighted by atomic mass is 16.5. The van der Waals surface area contributed by atoms with E-state index >= 15 is 0 Å². The molecule has 7 heteroatoms. The summed E-state index contributed by atoms with van der Waals surface area (Å²) in [4.78, 5) is 26.4. The van der Waals surface area contributed by atoms with Crippen molar-refractivity contribution in [3.63, 3.8) is 0 Å². The van der Waals surface area contributed by atoms with E-state index in [1.54, 1.807) is 13.3 Å². The molecule has 1 saturated heterocycles.